The van der Waals surface area contributed by atoms with Gasteiger partial charge in [-0.1, -0.05) is 17.7 Å². The zero-order valence-electron chi connectivity index (χ0n) is 12.2. The van der Waals surface area contributed by atoms with E-state index >= 15 is 0 Å². The van der Waals surface area contributed by atoms with E-state index in [9.17, 15) is 4.79 Å². The molecule has 0 radical (unpaired) electrons. The number of amides is 1. The van der Waals surface area contributed by atoms with Crippen LogP contribution < -0.4 is 20.1 Å². The van der Waals surface area contributed by atoms with Crippen molar-refractivity contribution in [3.05, 3.63) is 52.5 Å². The molecule has 1 amide bonds. The number of benzene rings is 2. The number of aryl methyl sites for hydroxylation is 1. The Labute approximate surface area is 143 Å². The lowest BCUT2D eigenvalue weighted by atomic mass is 10.2. The van der Waals surface area contributed by atoms with Crippen LogP contribution in [-0.4, -0.2) is 17.8 Å². The molecule has 0 saturated carbocycles. The van der Waals surface area contributed by atoms with Crippen molar-refractivity contribution in [3.8, 4) is 11.5 Å². The Morgan fingerprint density at radius 1 is 1.17 bits per heavy atom. The molecular weight excluding hydrogens is 336 g/mol. The molecule has 2 N–H and O–H groups in total. The third-order valence-corrected chi connectivity index (χ3v) is 3.90. The van der Waals surface area contributed by atoms with Crippen LogP contribution in [0, 0.1) is 6.92 Å². The van der Waals surface area contributed by atoms with Crippen LogP contribution in [0.1, 0.15) is 15.9 Å². The molecule has 3 rings (SSSR count). The standard InChI is InChI=1S/C16H13ClN2O3S/c1-9-2-4-11(7-12(9)17)18-16(23)19-15(20)10-3-5-13-14(6-10)22-8-21-13/h2-7H,8H2,1H3,(H2,18,19,20,23). The van der Waals surface area contributed by atoms with Crippen molar-refractivity contribution in [1.29, 1.82) is 0 Å². The van der Waals surface area contributed by atoms with Crippen molar-refractivity contribution < 1.29 is 14.3 Å². The number of anilines is 1. The Morgan fingerprint density at radius 2 is 1.96 bits per heavy atom. The average Bonchev–Trinajstić information content (AvgIpc) is 2.98. The van der Waals surface area contributed by atoms with Gasteiger partial charge in [-0.2, -0.15) is 0 Å². The molecule has 23 heavy (non-hydrogen) atoms. The molecule has 0 unspecified atom stereocenters. The Morgan fingerprint density at radius 3 is 2.74 bits per heavy atom. The molecule has 0 spiro atoms. The monoisotopic (exact) mass is 348 g/mol. The molecule has 1 heterocycles. The normalized spacial score (nSPS) is 11.9. The second kappa shape index (κ2) is 6.44. The highest BCUT2D eigenvalue weighted by atomic mass is 35.5. The molecule has 0 atom stereocenters. The molecule has 0 fully saturated rings. The van der Waals surface area contributed by atoms with Gasteiger partial charge in [-0.3, -0.25) is 10.1 Å². The highest BCUT2D eigenvalue weighted by Crippen LogP contribution is 2.32. The van der Waals surface area contributed by atoms with E-state index < -0.39 is 0 Å². The van der Waals surface area contributed by atoms with Crippen molar-refractivity contribution >= 4 is 40.5 Å². The van der Waals surface area contributed by atoms with Gasteiger partial charge < -0.3 is 14.8 Å². The fraction of sp³-hybridized carbons (Fsp3) is 0.125. The number of halogens is 1. The first-order valence-corrected chi connectivity index (χ1v) is 7.60. The van der Waals surface area contributed by atoms with Crippen LogP contribution in [0.5, 0.6) is 11.5 Å². The number of thiocarbonyl (C=S) groups is 1. The first-order chi connectivity index (χ1) is 11.0. The minimum absolute atomic E-state index is 0.161. The van der Waals surface area contributed by atoms with Crippen LogP contribution in [0.3, 0.4) is 0 Å². The minimum Gasteiger partial charge on any atom is -0.454 e. The van der Waals surface area contributed by atoms with Crippen LogP contribution in [0.15, 0.2) is 36.4 Å². The van der Waals surface area contributed by atoms with E-state index in [1.165, 1.54) is 0 Å². The first kappa shape index (κ1) is 15.6. The molecule has 0 aromatic heterocycles. The maximum absolute atomic E-state index is 12.2. The van der Waals surface area contributed by atoms with Crippen molar-refractivity contribution in [2.45, 2.75) is 6.92 Å². The van der Waals surface area contributed by atoms with Gasteiger partial charge in [-0.05, 0) is 55.0 Å². The smallest absolute Gasteiger partial charge is 0.257 e. The minimum atomic E-state index is -0.334. The van der Waals surface area contributed by atoms with E-state index in [1.807, 2.05) is 19.1 Å². The Hall–Kier alpha value is -2.31. The van der Waals surface area contributed by atoms with Crippen LogP contribution in [0.25, 0.3) is 0 Å². The molecule has 0 bridgehead atoms. The summed E-state index contributed by atoms with van der Waals surface area (Å²) in [4.78, 5) is 12.2. The Balaban J connectivity index is 1.65. The lowest BCUT2D eigenvalue weighted by Crippen LogP contribution is -2.34. The molecule has 118 valence electrons. The van der Waals surface area contributed by atoms with E-state index in [0.29, 0.717) is 27.8 Å². The molecule has 5 nitrogen and oxygen atoms in total. The maximum atomic E-state index is 12.2. The highest BCUT2D eigenvalue weighted by Gasteiger charge is 2.16. The number of carbonyl (C=O) groups is 1. The fourth-order valence-electron chi connectivity index (χ4n) is 2.05. The van der Waals surface area contributed by atoms with Gasteiger partial charge in [0, 0.05) is 16.3 Å². The van der Waals surface area contributed by atoms with Gasteiger partial charge >= 0.3 is 0 Å². The summed E-state index contributed by atoms with van der Waals surface area (Å²) in [7, 11) is 0. The van der Waals surface area contributed by atoms with Crippen molar-refractivity contribution in [3.63, 3.8) is 0 Å². The first-order valence-electron chi connectivity index (χ1n) is 6.81. The summed E-state index contributed by atoms with van der Waals surface area (Å²) in [6.45, 7) is 2.07. The van der Waals surface area contributed by atoms with Gasteiger partial charge in [0.2, 0.25) is 6.79 Å². The van der Waals surface area contributed by atoms with Crippen molar-refractivity contribution in [2.75, 3.05) is 12.1 Å². The molecule has 2 aromatic rings. The average molecular weight is 349 g/mol. The van der Waals surface area contributed by atoms with Gasteiger partial charge in [0.1, 0.15) is 0 Å². The second-order valence-electron chi connectivity index (χ2n) is 4.94. The SMILES string of the molecule is Cc1ccc(NC(=S)NC(=O)c2ccc3c(c2)OCO3)cc1Cl. The van der Waals surface area contributed by atoms with E-state index in [1.54, 1.807) is 24.3 Å². The summed E-state index contributed by atoms with van der Waals surface area (Å²) >= 11 is 11.2. The quantitative estimate of drug-likeness (QED) is 0.813. The molecule has 2 aromatic carbocycles. The number of fused-ring (bicyclic) bond motifs is 1. The second-order valence-corrected chi connectivity index (χ2v) is 5.76. The number of hydrogen-bond acceptors (Lipinski definition) is 4. The maximum Gasteiger partial charge on any atom is 0.257 e. The lowest BCUT2D eigenvalue weighted by Gasteiger charge is -2.10. The van der Waals surface area contributed by atoms with Gasteiger partial charge in [-0.15, -0.1) is 0 Å². The number of nitrogens with one attached hydrogen (secondary N) is 2. The number of rotatable bonds is 2. The summed E-state index contributed by atoms with van der Waals surface area (Å²) in [5.41, 5.74) is 2.10. The number of ether oxygens (including phenoxy) is 2. The fourth-order valence-corrected chi connectivity index (χ4v) is 2.44. The predicted octanol–water partition coefficient (Wildman–Crippen LogP) is 3.50. The third-order valence-electron chi connectivity index (χ3n) is 3.29. The third kappa shape index (κ3) is 3.55. The molecule has 1 aliphatic rings. The lowest BCUT2D eigenvalue weighted by molar-refractivity contribution is 0.0977. The Bertz CT molecular complexity index is 795. The highest BCUT2D eigenvalue weighted by molar-refractivity contribution is 7.80. The topological polar surface area (TPSA) is 59.6 Å². The van der Waals surface area contributed by atoms with Crippen molar-refractivity contribution in [2.24, 2.45) is 0 Å². The van der Waals surface area contributed by atoms with E-state index in [-0.39, 0.29) is 17.8 Å². The van der Waals surface area contributed by atoms with Gasteiger partial charge in [0.15, 0.2) is 16.6 Å². The van der Waals surface area contributed by atoms with Crippen molar-refractivity contribution in [1.82, 2.24) is 5.32 Å². The van der Waals surface area contributed by atoms with Crippen LogP contribution in [0.2, 0.25) is 5.02 Å². The predicted molar refractivity (Wildman–Crippen MR) is 92.4 cm³/mol. The zero-order chi connectivity index (χ0) is 16.4. The molecule has 0 saturated heterocycles. The van der Waals surface area contributed by atoms with Gasteiger partial charge in [0.25, 0.3) is 5.91 Å². The summed E-state index contributed by atoms with van der Waals surface area (Å²) in [5, 5.41) is 6.35. The number of hydrogen-bond donors (Lipinski definition) is 2. The summed E-state index contributed by atoms with van der Waals surface area (Å²) in [6.07, 6.45) is 0. The largest absolute Gasteiger partial charge is 0.454 e. The van der Waals surface area contributed by atoms with E-state index in [4.69, 9.17) is 33.3 Å². The van der Waals surface area contributed by atoms with Gasteiger partial charge in [-0.25, -0.2) is 0 Å². The Kier molecular flexibility index (Phi) is 4.36. The molecule has 0 aliphatic carbocycles. The summed E-state index contributed by atoms with van der Waals surface area (Å²) < 4.78 is 10.5. The zero-order valence-corrected chi connectivity index (χ0v) is 13.8. The van der Waals surface area contributed by atoms with Crippen LogP contribution in [-0.2, 0) is 0 Å². The van der Waals surface area contributed by atoms with Gasteiger partial charge in [0.05, 0.1) is 0 Å². The molecular formula is C16H13ClN2O3S. The summed E-state index contributed by atoms with van der Waals surface area (Å²) in [6, 6.07) is 10.4. The van der Waals surface area contributed by atoms with E-state index in [2.05, 4.69) is 10.6 Å². The van der Waals surface area contributed by atoms with Crippen LogP contribution in [0.4, 0.5) is 5.69 Å². The number of carbonyl (C=O) groups excluding carboxylic acids is 1. The van der Waals surface area contributed by atoms with Crippen LogP contribution >= 0.6 is 23.8 Å². The summed E-state index contributed by atoms with van der Waals surface area (Å²) in [5.74, 6) is 0.831. The molecule has 7 heteroatoms. The van der Waals surface area contributed by atoms with E-state index in [0.717, 1.165) is 5.56 Å². The molecule has 1 aliphatic heterocycles.